The Balaban J connectivity index is 1.40. The Morgan fingerprint density at radius 1 is 1.23 bits per heavy atom. The fourth-order valence-electron chi connectivity index (χ4n) is 3.20. The lowest BCUT2D eigenvalue weighted by Crippen LogP contribution is -2.35. The van der Waals surface area contributed by atoms with Gasteiger partial charge in [-0.1, -0.05) is 25.0 Å². The van der Waals surface area contributed by atoms with Crippen LogP contribution in [0.25, 0.3) is 5.69 Å². The van der Waals surface area contributed by atoms with Gasteiger partial charge in [0.2, 0.25) is 0 Å². The summed E-state index contributed by atoms with van der Waals surface area (Å²) in [6.45, 7) is 3.11. The average Bonchev–Trinajstić information content (AvgIpc) is 3.25. The van der Waals surface area contributed by atoms with Gasteiger partial charge in [-0.2, -0.15) is 5.10 Å². The minimum absolute atomic E-state index is 0.815. The van der Waals surface area contributed by atoms with Crippen LogP contribution in [0.15, 0.2) is 42.7 Å². The van der Waals surface area contributed by atoms with Crippen LogP contribution in [0.1, 0.15) is 31.2 Å². The fourth-order valence-corrected chi connectivity index (χ4v) is 3.20. The van der Waals surface area contributed by atoms with E-state index in [9.17, 15) is 0 Å². The van der Waals surface area contributed by atoms with E-state index in [4.69, 9.17) is 0 Å². The van der Waals surface area contributed by atoms with E-state index in [1.165, 1.54) is 31.2 Å². The van der Waals surface area contributed by atoms with Gasteiger partial charge in [0.15, 0.2) is 0 Å². The number of benzene rings is 1. The second-order valence-electron chi connectivity index (χ2n) is 6.21. The van der Waals surface area contributed by atoms with E-state index >= 15 is 0 Å². The highest BCUT2D eigenvalue weighted by Crippen LogP contribution is 2.21. The van der Waals surface area contributed by atoms with E-state index in [0.717, 1.165) is 31.4 Å². The molecule has 1 saturated carbocycles. The highest BCUT2D eigenvalue weighted by atomic mass is 15.3. The summed E-state index contributed by atoms with van der Waals surface area (Å²) < 4.78 is 1.88. The molecule has 0 spiro atoms. The standard InChI is InChI=1S/C18H26N4/c1-21(17-5-2-3-6-17)14-12-19-15-16-7-9-18(10-8-16)22-13-4-11-20-22/h4,7-11,13,17,19H,2-3,5-6,12,14-15H2,1H3. The zero-order chi connectivity index (χ0) is 15.2. The minimum atomic E-state index is 0.815. The molecule has 22 heavy (non-hydrogen) atoms. The van der Waals surface area contributed by atoms with Crippen LogP contribution in [0.4, 0.5) is 0 Å². The van der Waals surface area contributed by atoms with E-state index in [1.807, 2.05) is 16.9 Å². The first-order chi connectivity index (χ1) is 10.8. The van der Waals surface area contributed by atoms with Gasteiger partial charge in [0, 0.05) is 38.1 Å². The third-order valence-corrected chi connectivity index (χ3v) is 4.62. The highest BCUT2D eigenvalue weighted by Gasteiger charge is 2.18. The number of likely N-dealkylation sites (N-methyl/N-ethyl adjacent to an activating group) is 1. The minimum Gasteiger partial charge on any atom is -0.311 e. The Morgan fingerprint density at radius 3 is 2.68 bits per heavy atom. The van der Waals surface area contributed by atoms with Crippen LogP contribution in [-0.4, -0.2) is 40.9 Å². The Labute approximate surface area is 133 Å². The van der Waals surface area contributed by atoms with E-state index in [-0.39, 0.29) is 0 Å². The van der Waals surface area contributed by atoms with E-state index in [1.54, 1.807) is 6.20 Å². The predicted molar refractivity (Wildman–Crippen MR) is 90.2 cm³/mol. The molecule has 1 fully saturated rings. The van der Waals surface area contributed by atoms with Gasteiger partial charge in [-0.05, 0) is 43.7 Å². The molecule has 0 saturated heterocycles. The first-order valence-electron chi connectivity index (χ1n) is 8.33. The molecule has 1 heterocycles. The predicted octanol–water partition coefficient (Wildman–Crippen LogP) is 2.84. The van der Waals surface area contributed by atoms with E-state index in [2.05, 4.69) is 46.6 Å². The van der Waals surface area contributed by atoms with Crippen LogP contribution in [-0.2, 0) is 6.54 Å². The largest absolute Gasteiger partial charge is 0.311 e. The molecule has 0 amide bonds. The molecule has 1 aromatic heterocycles. The van der Waals surface area contributed by atoms with Crippen molar-refractivity contribution in [2.24, 2.45) is 0 Å². The Kier molecular flexibility index (Phi) is 5.24. The zero-order valence-corrected chi connectivity index (χ0v) is 13.4. The monoisotopic (exact) mass is 298 g/mol. The number of rotatable bonds is 7. The lowest BCUT2D eigenvalue weighted by molar-refractivity contribution is 0.245. The van der Waals surface area contributed by atoms with Gasteiger partial charge in [-0.3, -0.25) is 0 Å². The summed E-state index contributed by atoms with van der Waals surface area (Å²) in [6.07, 6.45) is 9.34. The lowest BCUT2D eigenvalue weighted by atomic mass is 10.2. The smallest absolute Gasteiger partial charge is 0.0645 e. The van der Waals surface area contributed by atoms with Crippen molar-refractivity contribution in [1.82, 2.24) is 20.0 Å². The van der Waals surface area contributed by atoms with E-state index in [0.29, 0.717) is 0 Å². The van der Waals surface area contributed by atoms with Crippen molar-refractivity contribution in [1.29, 1.82) is 0 Å². The maximum Gasteiger partial charge on any atom is 0.0645 e. The third kappa shape index (κ3) is 3.96. The molecular formula is C18H26N4. The van der Waals surface area contributed by atoms with Crippen LogP contribution < -0.4 is 5.32 Å². The summed E-state index contributed by atoms with van der Waals surface area (Å²) in [4.78, 5) is 2.51. The maximum absolute atomic E-state index is 4.24. The Bertz CT molecular complexity index is 541. The Hall–Kier alpha value is -1.65. The van der Waals surface area contributed by atoms with Crippen LogP contribution in [0, 0.1) is 0 Å². The van der Waals surface area contributed by atoms with Gasteiger partial charge in [0.25, 0.3) is 0 Å². The molecule has 0 bridgehead atoms. The van der Waals surface area contributed by atoms with Gasteiger partial charge in [0.1, 0.15) is 0 Å². The molecule has 4 heteroatoms. The molecule has 0 atom stereocenters. The second-order valence-corrected chi connectivity index (χ2v) is 6.21. The van der Waals surface area contributed by atoms with Crippen molar-refractivity contribution < 1.29 is 0 Å². The molecule has 2 aromatic rings. The van der Waals surface area contributed by atoms with Gasteiger partial charge in [-0.15, -0.1) is 0 Å². The number of hydrogen-bond acceptors (Lipinski definition) is 3. The van der Waals surface area contributed by atoms with Gasteiger partial charge in [-0.25, -0.2) is 4.68 Å². The SMILES string of the molecule is CN(CCNCc1ccc(-n2cccn2)cc1)C1CCCC1. The molecule has 0 aliphatic heterocycles. The Morgan fingerprint density at radius 2 is 2.00 bits per heavy atom. The summed E-state index contributed by atoms with van der Waals surface area (Å²) in [6, 6.07) is 11.3. The number of aromatic nitrogens is 2. The van der Waals surface area contributed by atoms with Crippen LogP contribution >= 0.6 is 0 Å². The molecule has 0 radical (unpaired) electrons. The summed E-state index contributed by atoms with van der Waals surface area (Å²) in [5, 5.41) is 7.79. The topological polar surface area (TPSA) is 33.1 Å². The van der Waals surface area contributed by atoms with Crippen molar-refractivity contribution in [3.8, 4) is 5.69 Å². The number of hydrogen-bond donors (Lipinski definition) is 1. The van der Waals surface area contributed by atoms with Crippen molar-refractivity contribution in [2.45, 2.75) is 38.3 Å². The van der Waals surface area contributed by atoms with E-state index < -0.39 is 0 Å². The van der Waals surface area contributed by atoms with Crippen LogP contribution in [0.5, 0.6) is 0 Å². The van der Waals surface area contributed by atoms with Crippen molar-refractivity contribution in [3.63, 3.8) is 0 Å². The maximum atomic E-state index is 4.24. The normalized spacial score (nSPS) is 15.7. The molecule has 3 rings (SSSR count). The van der Waals surface area contributed by atoms with Gasteiger partial charge >= 0.3 is 0 Å². The second kappa shape index (κ2) is 7.56. The first-order valence-corrected chi connectivity index (χ1v) is 8.33. The molecule has 1 N–H and O–H groups in total. The third-order valence-electron chi connectivity index (χ3n) is 4.62. The van der Waals surface area contributed by atoms with Crippen LogP contribution in [0.2, 0.25) is 0 Å². The van der Waals surface area contributed by atoms with Crippen molar-refractivity contribution in [3.05, 3.63) is 48.3 Å². The molecule has 118 valence electrons. The van der Waals surface area contributed by atoms with Crippen molar-refractivity contribution >= 4 is 0 Å². The lowest BCUT2D eigenvalue weighted by Gasteiger charge is -2.24. The average molecular weight is 298 g/mol. The van der Waals surface area contributed by atoms with Crippen LogP contribution in [0.3, 0.4) is 0 Å². The fraction of sp³-hybridized carbons (Fsp3) is 0.500. The summed E-state index contributed by atoms with van der Waals surface area (Å²) >= 11 is 0. The molecule has 4 nitrogen and oxygen atoms in total. The highest BCUT2D eigenvalue weighted by molar-refractivity contribution is 5.33. The summed E-state index contributed by atoms with van der Waals surface area (Å²) in [5.41, 5.74) is 2.43. The van der Waals surface area contributed by atoms with Gasteiger partial charge in [0.05, 0.1) is 5.69 Å². The first kappa shape index (κ1) is 15.3. The molecule has 1 aromatic carbocycles. The summed E-state index contributed by atoms with van der Waals surface area (Å²) in [7, 11) is 2.26. The zero-order valence-electron chi connectivity index (χ0n) is 13.4. The number of nitrogens with one attached hydrogen (secondary N) is 1. The molecular weight excluding hydrogens is 272 g/mol. The molecule has 0 unspecified atom stereocenters. The molecule has 1 aliphatic carbocycles. The summed E-state index contributed by atoms with van der Waals surface area (Å²) in [5.74, 6) is 0. The molecule has 1 aliphatic rings. The number of nitrogens with zero attached hydrogens (tertiary/aromatic N) is 3. The van der Waals surface area contributed by atoms with Gasteiger partial charge < -0.3 is 10.2 Å². The van der Waals surface area contributed by atoms with Crippen molar-refractivity contribution in [2.75, 3.05) is 20.1 Å². The quantitative estimate of drug-likeness (QED) is 0.798.